The third-order valence-electron chi connectivity index (χ3n) is 2.18. The lowest BCUT2D eigenvalue weighted by Gasteiger charge is -2.07. The molecular formula is C12H12ClN3O. The number of hydrogen-bond acceptors (Lipinski definition) is 4. The van der Waals surface area contributed by atoms with Crippen molar-refractivity contribution in [2.45, 2.75) is 5.88 Å². The van der Waals surface area contributed by atoms with Crippen LogP contribution in [0.25, 0.3) is 0 Å². The summed E-state index contributed by atoms with van der Waals surface area (Å²) in [6.07, 6.45) is 3.19. The summed E-state index contributed by atoms with van der Waals surface area (Å²) in [5.41, 5.74) is 1.97. The SMILES string of the molecule is COc1cncc(Nc2cccc(CCl)c2)n1. The standard InChI is InChI=1S/C12H12ClN3O/c1-17-12-8-14-7-11(16-12)15-10-4-2-3-9(5-10)6-13/h2-5,7-8H,6H2,1H3,(H,15,16). The predicted molar refractivity (Wildman–Crippen MR) is 67.9 cm³/mol. The van der Waals surface area contributed by atoms with E-state index in [4.69, 9.17) is 16.3 Å². The molecule has 0 amide bonds. The topological polar surface area (TPSA) is 47.0 Å². The van der Waals surface area contributed by atoms with Crippen LogP contribution in [0.4, 0.5) is 11.5 Å². The first-order chi connectivity index (χ1) is 8.31. The molecule has 2 aromatic rings. The van der Waals surface area contributed by atoms with E-state index in [0.717, 1.165) is 11.3 Å². The summed E-state index contributed by atoms with van der Waals surface area (Å²) in [6, 6.07) is 7.81. The minimum Gasteiger partial charge on any atom is -0.480 e. The second kappa shape index (κ2) is 5.50. The van der Waals surface area contributed by atoms with Gasteiger partial charge in [-0.15, -0.1) is 11.6 Å². The van der Waals surface area contributed by atoms with Gasteiger partial charge in [0.25, 0.3) is 0 Å². The Bertz CT molecular complexity index is 459. The van der Waals surface area contributed by atoms with Crippen LogP contribution in [0.15, 0.2) is 36.7 Å². The van der Waals surface area contributed by atoms with Crippen molar-refractivity contribution in [2.75, 3.05) is 12.4 Å². The first-order valence-corrected chi connectivity index (χ1v) is 5.63. The van der Waals surface area contributed by atoms with E-state index in [2.05, 4.69) is 15.3 Å². The number of hydrogen-bond donors (Lipinski definition) is 1. The number of rotatable bonds is 4. The molecule has 0 atom stereocenters. The largest absolute Gasteiger partial charge is 0.480 e. The summed E-state index contributed by atoms with van der Waals surface area (Å²) in [5.74, 6) is 1.60. The molecule has 2 rings (SSSR count). The number of anilines is 2. The first-order valence-electron chi connectivity index (χ1n) is 5.10. The van der Waals surface area contributed by atoms with Gasteiger partial charge in [0.2, 0.25) is 5.88 Å². The van der Waals surface area contributed by atoms with E-state index in [0.29, 0.717) is 17.6 Å². The van der Waals surface area contributed by atoms with Crippen molar-refractivity contribution in [1.82, 2.24) is 9.97 Å². The highest BCUT2D eigenvalue weighted by Crippen LogP contribution is 2.17. The lowest BCUT2D eigenvalue weighted by Crippen LogP contribution is -1.97. The summed E-state index contributed by atoms with van der Waals surface area (Å²) < 4.78 is 5.00. The number of benzene rings is 1. The van der Waals surface area contributed by atoms with Gasteiger partial charge in [-0.25, -0.2) is 0 Å². The molecule has 1 aromatic carbocycles. The van der Waals surface area contributed by atoms with Gasteiger partial charge in [-0.1, -0.05) is 12.1 Å². The van der Waals surface area contributed by atoms with E-state index >= 15 is 0 Å². The minimum absolute atomic E-state index is 0.475. The fraction of sp³-hybridized carbons (Fsp3) is 0.167. The third kappa shape index (κ3) is 3.07. The summed E-state index contributed by atoms with van der Waals surface area (Å²) in [5, 5.41) is 3.14. The molecule has 0 aliphatic heterocycles. The van der Waals surface area contributed by atoms with Crippen LogP contribution in [0.2, 0.25) is 0 Å². The van der Waals surface area contributed by atoms with Crippen molar-refractivity contribution in [2.24, 2.45) is 0 Å². The van der Waals surface area contributed by atoms with Crippen LogP contribution in [0.3, 0.4) is 0 Å². The average Bonchev–Trinajstić information content (AvgIpc) is 2.39. The van der Waals surface area contributed by atoms with Gasteiger partial charge in [-0.2, -0.15) is 4.98 Å². The molecule has 0 fully saturated rings. The van der Waals surface area contributed by atoms with Gasteiger partial charge in [0.05, 0.1) is 19.5 Å². The van der Waals surface area contributed by atoms with Gasteiger partial charge in [0.15, 0.2) is 5.82 Å². The maximum atomic E-state index is 5.77. The van der Waals surface area contributed by atoms with Crippen LogP contribution in [-0.2, 0) is 5.88 Å². The molecule has 17 heavy (non-hydrogen) atoms. The number of ether oxygens (including phenoxy) is 1. The number of nitrogens with zero attached hydrogens (tertiary/aromatic N) is 2. The molecule has 1 aromatic heterocycles. The molecule has 0 aliphatic rings. The molecule has 5 heteroatoms. The van der Waals surface area contributed by atoms with E-state index in [1.807, 2.05) is 24.3 Å². The van der Waals surface area contributed by atoms with E-state index < -0.39 is 0 Å². The van der Waals surface area contributed by atoms with Crippen LogP contribution in [0.5, 0.6) is 5.88 Å². The zero-order chi connectivity index (χ0) is 12.1. The van der Waals surface area contributed by atoms with E-state index in [-0.39, 0.29) is 0 Å². The van der Waals surface area contributed by atoms with Gasteiger partial charge in [-0.3, -0.25) is 4.98 Å². The van der Waals surface area contributed by atoms with Gasteiger partial charge >= 0.3 is 0 Å². The Kier molecular flexibility index (Phi) is 3.77. The van der Waals surface area contributed by atoms with Gasteiger partial charge < -0.3 is 10.1 Å². The van der Waals surface area contributed by atoms with Crippen molar-refractivity contribution < 1.29 is 4.74 Å². The van der Waals surface area contributed by atoms with Gasteiger partial charge in [-0.05, 0) is 17.7 Å². The normalized spacial score (nSPS) is 10.0. The molecule has 88 valence electrons. The summed E-state index contributed by atoms with van der Waals surface area (Å²) in [6.45, 7) is 0. The summed E-state index contributed by atoms with van der Waals surface area (Å²) in [7, 11) is 1.56. The molecule has 0 bridgehead atoms. The Morgan fingerprint density at radius 1 is 1.35 bits per heavy atom. The highest BCUT2D eigenvalue weighted by molar-refractivity contribution is 6.17. The van der Waals surface area contributed by atoms with Crippen LogP contribution in [-0.4, -0.2) is 17.1 Å². The van der Waals surface area contributed by atoms with Crippen LogP contribution < -0.4 is 10.1 Å². The Balaban J connectivity index is 2.18. The second-order valence-electron chi connectivity index (χ2n) is 3.41. The highest BCUT2D eigenvalue weighted by atomic mass is 35.5. The van der Waals surface area contributed by atoms with Gasteiger partial charge in [0, 0.05) is 11.6 Å². The maximum absolute atomic E-state index is 5.77. The molecule has 4 nitrogen and oxygen atoms in total. The van der Waals surface area contributed by atoms with Gasteiger partial charge in [0.1, 0.15) is 0 Å². The van der Waals surface area contributed by atoms with E-state index in [9.17, 15) is 0 Å². The number of alkyl halides is 1. The molecular weight excluding hydrogens is 238 g/mol. The molecule has 0 saturated carbocycles. The van der Waals surface area contributed by atoms with E-state index in [1.165, 1.54) is 0 Å². The fourth-order valence-electron chi connectivity index (χ4n) is 1.39. The molecule has 0 aliphatic carbocycles. The first kappa shape index (κ1) is 11.7. The molecule has 0 saturated heterocycles. The molecule has 0 unspecified atom stereocenters. The predicted octanol–water partition coefficient (Wildman–Crippen LogP) is 2.97. The summed E-state index contributed by atoms with van der Waals surface area (Å²) in [4.78, 5) is 8.23. The van der Waals surface area contributed by atoms with Crippen LogP contribution in [0.1, 0.15) is 5.56 Å². The number of aromatic nitrogens is 2. The lowest BCUT2D eigenvalue weighted by atomic mass is 10.2. The Labute approximate surface area is 105 Å². The Morgan fingerprint density at radius 2 is 2.24 bits per heavy atom. The minimum atomic E-state index is 0.475. The molecule has 0 spiro atoms. The van der Waals surface area contributed by atoms with Crippen molar-refractivity contribution in [3.05, 3.63) is 42.2 Å². The fourth-order valence-corrected chi connectivity index (χ4v) is 1.55. The van der Waals surface area contributed by atoms with Crippen LogP contribution in [0, 0.1) is 0 Å². The Hall–Kier alpha value is -1.81. The number of nitrogens with one attached hydrogen (secondary N) is 1. The van der Waals surface area contributed by atoms with Crippen molar-refractivity contribution >= 4 is 23.1 Å². The average molecular weight is 250 g/mol. The van der Waals surface area contributed by atoms with E-state index in [1.54, 1.807) is 19.5 Å². The maximum Gasteiger partial charge on any atom is 0.233 e. The molecule has 1 heterocycles. The van der Waals surface area contributed by atoms with Crippen molar-refractivity contribution in [1.29, 1.82) is 0 Å². The number of methoxy groups -OCH3 is 1. The van der Waals surface area contributed by atoms with Crippen LogP contribution >= 0.6 is 11.6 Å². The number of halogens is 1. The quantitative estimate of drug-likeness (QED) is 0.847. The summed E-state index contributed by atoms with van der Waals surface area (Å²) >= 11 is 5.77. The monoisotopic (exact) mass is 249 g/mol. The second-order valence-corrected chi connectivity index (χ2v) is 3.67. The smallest absolute Gasteiger partial charge is 0.233 e. The Morgan fingerprint density at radius 3 is 3.00 bits per heavy atom. The zero-order valence-electron chi connectivity index (χ0n) is 9.35. The highest BCUT2D eigenvalue weighted by Gasteiger charge is 2.00. The molecule has 1 N–H and O–H groups in total. The third-order valence-corrected chi connectivity index (χ3v) is 2.48. The van der Waals surface area contributed by atoms with Crippen molar-refractivity contribution in [3.8, 4) is 5.88 Å². The van der Waals surface area contributed by atoms with Crippen molar-refractivity contribution in [3.63, 3.8) is 0 Å². The zero-order valence-corrected chi connectivity index (χ0v) is 10.1. The lowest BCUT2D eigenvalue weighted by molar-refractivity contribution is 0.396. The molecule has 0 radical (unpaired) electrons.